The highest BCUT2D eigenvalue weighted by atomic mass is 32.2. The Balaban J connectivity index is 1.99. The maximum atomic E-state index is 10.8. The van der Waals surface area contributed by atoms with Crippen molar-refractivity contribution in [2.45, 2.75) is 5.75 Å². The van der Waals surface area contributed by atoms with E-state index < -0.39 is 11.1 Å². The molecule has 0 aliphatic carbocycles. The minimum absolute atomic E-state index is 0.00747. The summed E-state index contributed by atoms with van der Waals surface area (Å²) in [6.45, 7) is 0. The van der Waals surface area contributed by atoms with Gasteiger partial charge >= 0.3 is 0 Å². The van der Waals surface area contributed by atoms with Crippen LogP contribution in [0.15, 0.2) is 60.8 Å². The number of rotatable bonds is 4. The second kappa shape index (κ2) is 7.26. The zero-order chi connectivity index (χ0) is 17.8. The van der Waals surface area contributed by atoms with E-state index in [1.165, 1.54) is 0 Å². The lowest BCUT2D eigenvalue weighted by molar-refractivity contribution is 0.536. The minimum Gasteiger partial charge on any atom is -0.772 e. The van der Waals surface area contributed by atoms with E-state index in [2.05, 4.69) is 11.1 Å². The van der Waals surface area contributed by atoms with Crippen LogP contribution in [0, 0.1) is 11.3 Å². The van der Waals surface area contributed by atoms with Crippen LogP contribution in [0.5, 0.6) is 0 Å². The van der Waals surface area contributed by atoms with Crippen LogP contribution < -0.4 is 5.73 Å². The quantitative estimate of drug-likeness (QED) is 0.729. The van der Waals surface area contributed by atoms with Crippen molar-refractivity contribution in [3.63, 3.8) is 0 Å². The lowest BCUT2D eigenvalue weighted by atomic mass is 9.99. The van der Waals surface area contributed by atoms with E-state index in [0.29, 0.717) is 11.4 Å². The molecule has 1 heterocycles. The van der Waals surface area contributed by atoms with Crippen LogP contribution in [-0.4, -0.2) is 13.7 Å². The molecule has 25 heavy (non-hydrogen) atoms. The topological polar surface area (TPSA) is 103 Å². The molecule has 0 saturated heterocycles. The molecule has 0 bridgehead atoms. The number of nitrogens with zero attached hydrogens (tertiary/aromatic N) is 2. The Hall–Kier alpha value is -3.01. The van der Waals surface area contributed by atoms with Crippen LogP contribution in [0.1, 0.15) is 11.1 Å². The van der Waals surface area contributed by atoms with Gasteiger partial charge in [-0.15, -0.1) is 0 Å². The van der Waals surface area contributed by atoms with Crippen molar-refractivity contribution in [2.75, 3.05) is 5.73 Å². The highest BCUT2D eigenvalue weighted by Crippen LogP contribution is 2.30. The van der Waals surface area contributed by atoms with Gasteiger partial charge in [0.1, 0.15) is 5.82 Å². The zero-order valence-electron chi connectivity index (χ0n) is 13.2. The highest BCUT2D eigenvalue weighted by Gasteiger charge is 2.08. The third-order valence-corrected chi connectivity index (χ3v) is 4.36. The fourth-order valence-electron chi connectivity index (χ4n) is 2.55. The Morgan fingerprint density at radius 2 is 1.84 bits per heavy atom. The van der Waals surface area contributed by atoms with E-state index in [-0.39, 0.29) is 5.75 Å². The van der Waals surface area contributed by atoms with Crippen molar-refractivity contribution in [1.29, 1.82) is 5.26 Å². The summed E-state index contributed by atoms with van der Waals surface area (Å²) in [5.41, 5.74) is 10.6. The number of aromatic nitrogens is 1. The molecule has 2 N–H and O–H groups in total. The molecular formula is C19H14N3O2S-. The molecule has 5 nitrogen and oxygen atoms in total. The summed E-state index contributed by atoms with van der Waals surface area (Å²) >= 11 is -2.11. The summed E-state index contributed by atoms with van der Waals surface area (Å²) in [6.07, 6.45) is 1.67. The van der Waals surface area contributed by atoms with E-state index in [9.17, 15) is 8.76 Å². The molecule has 1 atom stereocenters. The molecule has 1 unspecified atom stereocenters. The average Bonchev–Trinajstić information content (AvgIpc) is 2.62. The van der Waals surface area contributed by atoms with Gasteiger partial charge in [0, 0.05) is 23.1 Å². The van der Waals surface area contributed by atoms with Crippen LogP contribution in [0.25, 0.3) is 22.3 Å². The number of hydrogen-bond acceptors (Lipinski definition) is 5. The molecule has 2 aromatic carbocycles. The first-order valence-electron chi connectivity index (χ1n) is 7.48. The first-order chi connectivity index (χ1) is 12.1. The Labute approximate surface area is 148 Å². The number of nitrogen functional groups attached to an aromatic ring is 1. The maximum absolute atomic E-state index is 10.8. The Morgan fingerprint density at radius 3 is 2.52 bits per heavy atom. The lowest BCUT2D eigenvalue weighted by Gasteiger charge is -2.10. The van der Waals surface area contributed by atoms with Crippen LogP contribution in [0.2, 0.25) is 0 Å². The molecule has 0 amide bonds. The normalized spacial score (nSPS) is 11.7. The van der Waals surface area contributed by atoms with Crippen molar-refractivity contribution in [2.24, 2.45) is 0 Å². The van der Waals surface area contributed by atoms with Gasteiger partial charge in [-0.2, -0.15) is 5.26 Å². The number of pyridine rings is 1. The van der Waals surface area contributed by atoms with Crippen molar-refractivity contribution in [3.05, 3.63) is 71.9 Å². The fraction of sp³-hybridized carbons (Fsp3) is 0.0526. The van der Waals surface area contributed by atoms with Crippen molar-refractivity contribution in [3.8, 4) is 28.3 Å². The molecule has 3 aromatic rings. The molecule has 6 heteroatoms. The molecule has 0 aliphatic heterocycles. The predicted molar refractivity (Wildman–Crippen MR) is 96.9 cm³/mol. The summed E-state index contributed by atoms with van der Waals surface area (Å²) in [4.78, 5) is 4.25. The number of anilines is 1. The molecule has 0 spiro atoms. The summed E-state index contributed by atoms with van der Waals surface area (Å²) in [5.74, 6) is 0.379. The van der Waals surface area contributed by atoms with Gasteiger partial charge in [0.25, 0.3) is 0 Å². The van der Waals surface area contributed by atoms with Gasteiger partial charge in [0.15, 0.2) is 0 Å². The van der Waals surface area contributed by atoms with Crippen molar-refractivity contribution in [1.82, 2.24) is 4.98 Å². The smallest absolute Gasteiger partial charge is 0.131 e. The lowest BCUT2D eigenvalue weighted by Crippen LogP contribution is -1.96. The highest BCUT2D eigenvalue weighted by molar-refractivity contribution is 7.78. The van der Waals surface area contributed by atoms with Gasteiger partial charge < -0.3 is 10.3 Å². The van der Waals surface area contributed by atoms with Gasteiger partial charge in [-0.05, 0) is 34.9 Å². The third-order valence-electron chi connectivity index (χ3n) is 3.79. The summed E-state index contributed by atoms with van der Waals surface area (Å²) in [5, 5.41) is 9.06. The van der Waals surface area contributed by atoms with E-state index in [4.69, 9.17) is 11.0 Å². The molecule has 124 valence electrons. The van der Waals surface area contributed by atoms with Gasteiger partial charge in [0.2, 0.25) is 0 Å². The number of benzene rings is 2. The largest absolute Gasteiger partial charge is 0.772 e. The summed E-state index contributed by atoms with van der Waals surface area (Å²) in [7, 11) is 0. The molecular weight excluding hydrogens is 334 g/mol. The molecule has 3 rings (SSSR count). The monoisotopic (exact) mass is 348 g/mol. The zero-order valence-corrected chi connectivity index (χ0v) is 14.0. The molecule has 0 saturated carbocycles. The molecule has 0 aliphatic rings. The van der Waals surface area contributed by atoms with Crippen LogP contribution in [0.3, 0.4) is 0 Å². The predicted octanol–water partition coefficient (Wildman–Crippen LogP) is 3.25. The van der Waals surface area contributed by atoms with Gasteiger partial charge in [-0.3, -0.25) is 4.21 Å². The van der Waals surface area contributed by atoms with E-state index in [1.807, 2.05) is 24.3 Å². The van der Waals surface area contributed by atoms with E-state index in [0.717, 1.165) is 27.8 Å². The maximum Gasteiger partial charge on any atom is 0.131 e. The average molecular weight is 348 g/mol. The second-order valence-electron chi connectivity index (χ2n) is 5.49. The number of nitriles is 1. The van der Waals surface area contributed by atoms with E-state index >= 15 is 0 Å². The van der Waals surface area contributed by atoms with Crippen molar-refractivity contribution < 1.29 is 8.76 Å². The summed E-state index contributed by atoms with van der Waals surface area (Å²) < 4.78 is 21.5. The minimum atomic E-state index is -2.11. The molecule has 1 aromatic heterocycles. The molecule has 0 radical (unpaired) electrons. The SMILES string of the molecule is N#Cc1cccc(-c2cc(-c3ccc(CS(=O)[O-])cc3)cnc2N)c1. The standard InChI is InChI=1S/C19H15N3O2S/c20-10-14-2-1-3-16(8-14)18-9-17(11-22-19(18)21)15-6-4-13(5-7-15)12-25(23)24/h1-9,11H,12H2,(H2,21,22)(H,23,24)/p-1. The van der Waals surface area contributed by atoms with Gasteiger partial charge in [0.05, 0.1) is 11.6 Å². The van der Waals surface area contributed by atoms with Gasteiger partial charge in [-0.1, -0.05) is 47.5 Å². The number of nitrogens with two attached hydrogens (primary N) is 1. The van der Waals surface area contributed by atoms with E-state index in [1.54, 1.807) is 36.5 Å². The van der Waals surface area contributed by atoms with Gasteiger partial charge in [-0.25, -0.2) is 4.98 Å². The molecule has 0 fully saturated rings. The first-order valence-corrected chi connectivity index (χ1v) is 8.72. The Kier molecular flexibility index (Phi) is 4.89. The third kappa shape index (κ3) is 3.91. The summed E-state index contributed by atoms with van der Waals surface area (Å²) in [6, 6.07) is 18.5. The van der Waals surface area contributed by atoms with Crippen molar-refractivity contribution >= 4 is 16.9 Å². The second-order valence-corrected chi connectivity index (χ2v) is 6.39. The van der Waals surface area contributed by atoms with Crippen LogP contribution in [0.4, 0.5) is 5.82 Å². The Morgan fingerprint density at radius 1 is 1.08 bits per heavy atom. The van der Waals surface area contributed by atoms with Crippen LogP contribution in [-0.2, 0) is 16.8 Å². The Bertz CT molecular complexity index is 979. The fourth-order valence-corrected chi connectivity index (χ4v) is 3.01. The number of hydrogen-bond donors (Lipinski definition) is 1. The van der Waals surface area contributed by atoms with Crippen LogP contribution >= 0.6 is 0 Å². The first kappa shape index (κ1) is 16.8.